The molecule has 18 heavy (non-hydrogen) atoms. The van der Waals surface area contributed by atoms with E-state index in [1.165, 1.54) is 0 Å². The summed E-state index contributed by atoms with van der Waals surface area (Å²) in [5, 5.41) is 4.44. The molecule has 0 saturated heterocycles. The SMILES string of the molecule is Cc1ncc(CNC(=O)c2ccc(I)c(Cl)c2)s1. The minimum absolute atomic E-state index is 0.126. The molecule has 1 aromatic carbocycles. The summed E-state index contributed by atoms with van der Waals surface area (Å²) in [6.45, 7) is 2.43. The van der Waals surface area contributed by atoms with Crippen molar-refractivity contribution in [3.63, 3.8) is 0 Å². The van der Waals surface area contributed by atoms with E-state index >= 15 is 0 Å². The number of thiazole rings is 1. The fourth-order valence-electron chi connectivity index (χ4n) is 1.39. The van der Waals surface area contributed by atoms with Crippen LogP contribution in [0.25, 0.3) is 0 Å². The second kappa shape index (κ2) is 5.99. The van der Waals surface area contributed by atoms with Crippen LogP contribution in [-0.2, 0) is 6.54 Å². The first kappa shape index (κ1) is 13.8. The van der Waals surface area contributed by atoms with Crippen LogP contribution in [0.1, 0.15) is 20.2 Å². The van der Waals surface area contributed by atoms with E-state index in [0.29, 0.717) is 17.1 Å². The first-order valence-corrected chi connectivity index (χ1v) is 7.48. The van der Waals surface area contributed by atoms with Crippen LogP contribution in [0.15, 0.2) is 24.4 Å². The van der Waals surface area contributed by atoms with Crippen molar-refractivity contribution in [1.29, 1.82) is 0 Å². The Balaban J connectivity index is 2.01. The van der Waals surface area contributed by atoms with E-state index < -0.39 is 0 Å². The molecule has 2 aromatic rings. The Kier molecular flexibility index (Phi) is 4.58. The van der Waals surface area contributed by atoms with Crippen LogP contribution in [-0.4, -0.2) is 10.9 Å². The molecule has 0 fully saturated rings. The average Bonchev–Trinajstić information content (AvgIpc) is 2.75. The van der Waals surface area contributed by atoms with Crippen LogP contribution in [0, 0.1) is 10.5 Å². The topological polar surface area (TPSA) is 42.0 Å². The van der Waals surface area contributed by atoms with Gasteiger partial charge in [-0.2, -0.15) is 0 Å². The molecule has 1 aromatic heterocycles. The van der Waals surface area contributed by atoms with Gasteiger partial charge in [-0.1, -0.05) is 11.6 Å². The number of halogens is 2. The number of aryl methyl sites for hydroxylation is 1. The highest BCUT2D eigenvalue weighted by atomic mass is 127. The molecule has 1 amide bonds. The molecule has 94 valence electrons. The molecule has 3 nitrogen and oxygen atoms in total. The monoisotopic (exact) mass is 392 g/mol. The number of carbonyl (C=O) groups is 1. The van der Waals surface area contributed by atoms with Gasteiger partial charge in [-0.3, -0.25) is 4.79 Å². The normalized spacial score (nSPS) is 10.4. The van der Waals surface area contributed by atoms with E-state index in [1.54, 1.807) is 29.7 Å². The minimum atomic E-state index is -0.126. The minimum Gasteiger partial charge on any atom is -0.347 e. The number of aromatic nitrogens is 1. The van der Waals surface area contributed by atoms with E-state index in [0.717, 1.165) is 13.5 Å². The van der Waals surface area contributed by atoms with Gasteiger partial charge in [-0.25, -0.2) is 4.98 Å². The van der Waals surface area contributed by atoms with Gasteiger partial charge in [0.1, 0.15) is 0 Å². The number of rotatable bonds is 3. The number of hydrogen-bond donors (Lipinski definition) is 1. The first-order chi connectivity index (χ1) is 8.56. The maximum Gasteiger partial charge on any atom is 0.251 e. The van der Waals surface area contributed by atoms with E-state index in [2.05, 4.69) is 32.9 Å². The van der Waals surface area contributed by atoms with Crippen molar-refractivity contribution in [2.75, 3.05) is 0 Å². The third-order valence-electron chi connectivity index (χ3n) is 2.27. The predicted molar refractivity (Wildman–Crippen MR) is 82.2 cm³/mol. The van der Waals surface area contributed by atoms with Crippen molar-refractivity contribution in [1.82, 2.24) is 10.3 Å². The highest BCUT2D eigenvalue weighted by Crippen LogP contribution is 2.19. The quantitative estimate of drug-likeness (QED) is 0.810. The first-order valence-electron chi connectivity index (χ1n) is 5.21. The molecule has 0 saturated carbocycles. The summed E-state index contributed by atoms with van der Waals surface area (Å²) in [7, 11) is 0. The zero-order valence-electron chi connectivity index (χ0n) is 9.54. The number of hydrogen-bond acceptors (Lipinski definition) is 3. The summed E-state index contributed by atoms with van der Waals surface area (Å²) in [6.07, 6.45) is 1.78. The van der Waals surface area contributed by atoms with Gasteiger partial charge in [-0.15, -0.1) is 11.3 Å². The molecule has 1 N–H and O–H groups in total. The van der Waals surface area contributed by atoms with Crippen LogP contribution >= 0.6 is 45.5 Å². The molecular weight excluding hydrogens is 383 g/mol. The maximum atomic E-state index is 11.9. The van der Waals surface area contributed by atoms with Crippen molar-refractivity contribution in [2.24, 2.45) is 0 Å². The highest BCUT2D eigenvalue weighted by molar-refractivity contribution is 14.1. The third kappa shape index (κ3) is 3.43. The fraction of sp³-hybridized carbons (Fsp3) is 0.167. The molecule has 6 heteroatoms. The van der Waals surface area contributed by atoms with Crippen LogP contribution in [0.2, 0.25) is 5.02 Å². The molecule has 0 unspecified atom stereocenters. The molecule has 0 spiro atoms. The Hall–Kier alpha value is -0.660. The Morgan fingerprint density at radius 3 is 2.94 bits per heavy atom. The van der Waals surface area contributed by atoms with Crippen LogP contribution in [0.5, 0.6) is 0 Å². The number of benzene rings is 1. The third-order valence-corrected chi connectivity index (χ3v) is 4.76. The van der Waals surface area contributed by atoms with Gasteiger partial charge < -0.3 is 5.32 Å². The molecular formula is C12H10ClIN2OS. The number of carbonyl (C=O) groups excluding carboxylic acids is 1. The van der Waals surface area contributed by atoms with E-state index in [-0.39, 0.29) is 5.91 Å². The second-order valence-corrected chi connectivity index (χ2v) is 6.55. The molecule has 1 heterocycles. The van der Waals surface area contributed by atoms with Crippen molar-refractivity contribution in [3.8, 4) is 0 Å². The van der Waals surface area contributed by atoms with E-state index in [9.17, 15) is 4.79 Å². The number of nitrogens with one attached hydrogen (secondary N) is 1. The number of nitrogens with zero attached hydrogens (tertiary/aromatic N) is 1. The Morgan fingerprint density at radius 2 is 2.33 bits per heavy atom. The lowest BCUT2D eigenvalue weighted by Gasteiger charge is -2.04. The van der Waals surface area contributed by atoms with Crippen molar-refractivity contribution in [2.45, 2.75) is 13.5 Å². The second-order valence-electron chi connectivity index (χ2n) is 3.66. The predicted octanol–water partition coefficient (Wildman–Crippen LogP) is 3.64. The Bertz CT molecular complexity index is 585. The average molecular weight is 393 g/mol. The van der Waals surface area contributed by atoms with Gasteiger partial charge in [0, 0.05) is 20.2 Å². The van der Waals surface area contributed by atoms with Crippen LogP contribution in [0.4, 0.5) is 0 Å². The Morgan fingerprint density at radius 1 is 1.56 bits per heavy atom. The van der Waals surface area contributed by atoms with Crippen molar-refractivity contribution in [3.05, 3.63) is 48.4 Å². The molecule has 0 atom stereocenters. The standard InChI is InChI=1S/C12H10ClIN2OS/c1-7-15-5-9(18-7)6-16-12(17)8-2-3-11(14)10(13)4-8/h2-5H,6H2,1H3,(H,16,17). The summed E-state index contributed by atoms with van der Waals surface area (Å²) >= 11 is 9.69. The van der Waals surface area contributed by atoms with Gasteiger partial charge in [0.25, 0.3) is 5.91 Å². The smallest absolute Gasteiger partial charge is 0.251 e. The lowest BCUT2D eigenvalue weighted by atomic mass is 10.2. The van der Waals surface area contributed by atoms with Gasteiger partial charge in [-0.05, 0) is 47.7 Å². The van der Waals surface area contributed by atoms with Gasteiger partial charge in [0.2, 0.25) is 0 Å². The number of amides is 1. The summed E-state index contributed by atoms with van der Waals surface area (Å²) < 4.78 is 0.934. The van der Waals surface area contributed by atoms with Gasteiger partial charge in [0.15, 0.2) is 0 Å². The van der Waals surface area contributed by atoms with Crippen molar-refractivity contribution >= 4 is 51.4 Å². The zero-order chi connectivity index (χ0) is 13.1. The molecule has 0 bridgehead atoms. The Labute approximate surface area is 128 Å². The molecule has 0 aliphatic heterocycles. The maximum absolute atomic E-state index is 11.9. The van der Waals surface area contributed by atoms with Crippen molar-refractivity contribution < 1.29 is 4.79 Å². The van der Waals surface area contributed by atoms with Crippen LogP contribution in [0.3, 0.4) is 0 Å². The zero-order valence-corrected chi connectivity index (χ0v) is 13.3. The summed E-state index contributed by atoms with van der Waals surface area (Å²) in [6, 6.07) is 5.27. The highest BCUT2D eigenvalue weighted by Gasteiger charge is 2.08. The molecule has 0 aliphatic carbocycles. The van der Waals surface area contributed by atoms with E-state index in [4.69, 9.17) is 11.6 Å². The summed E-state index contributed by atoms with van der Waals surface area (Å²) in [5.41, 5.74) is 0.571. The van der Waals surface area contributed by atoms with Crippen LogP contribution < -0.4 is 5.32 Å². The summed E-state index contributed by atoms with van der Waals surface area (Å²) in [4.78, 5) is 17.1. The molecule has 0 radical (unpaired) electrons. The molecule has 2 rings (SSSR count). The van der Waals surface area contributed by atoms with Gasteiger partial charge >= 0.3 is 0 Å². The largest absolute Gasteiger partial charge is 0.347 e. The lowest BCUT2D eigenvalue weighted by Crippen LogP contribution is -2.22. The fourth-order valence-corrected chi connectivity index (χ4v) is 2.64. The molecule has 0 aliphatic rings. The lowest BCUT2D eigenvalue weighted by molar-refractivity contribution is 0.0951. The van der Waals surface area contributed by atoms with E-state index in [1.807, 2.05) is 13.0 Å². The van der Waals surface area contributed by atoms with Gasteiger partial charge in [0.05, 0.1) is 16.6 Å². The summed E-state index contributed by atoms with van der Waals surface area (Å²) in [5.74, 6) is -0.126.